The van der Waals surface area contributed by atoms with Gasteiger partial charge < -0.3 is 18.9 Å². The highest BCUT2D eigenvalue weighted by Crippen LogP contribution is 2.34. The second-order valence-corrected chi connectivity index (χ2v) is 10.2. The molecule has 0 amide bonds. The van der Waals surface area contributed by atoms with Crippen molar-refractivity contribution in [3.05, 3.63) is 35.3 Å². The van der Waals surface area contributed by atoms with Gasteiger partial charge in [0.15, 0.2) is 0 Å². The van der Waals surface area contributed by atoms with Gasteiger partial charge in [0, 0.05) is 37.8 Å². The van der Waals surface area contributed by atoms with E-state index in [1.807, 2.05) is 20.0 Å². The number of ether oxygens (including phenoxy) is 4. The summed E-state index contributed by atoms with van der Waals surface area (Å²) >= 11 is 1.51. The lowest BCUT2D eigenvalue weighted by Gasteiger charge is -2.36. The summed E-state index contributed by atoms with van der Waals surface area (Å²) in [5.41, 5.74) is 0.590. The van der Waals surface area contributed by atoms with E-state index in [1.54, 1.807) is 25.3 Å². The predicted octanol–water partition coefficient (Wildman–Crippen LogP) is 6.76. The molecule has 0 saturated carbocycles. The third-order valence-electron chi connectivity index (χ3n) is 4.70. The van der Waals surface area contributed by atoms with Crippen LogP contribution in [-0.4, -0.2) is 69.6 Å². The van der Waals surface area contributed by atoms with Crippen LogP contribution in [0.25, 0.3) is 10.6 Å². The Labute approximate surface area is 231 Å². The van der Waals surface area contributed by atoms with Crippen LogP contribution in [0.15, 0.2) is 30.5 Å². The van der Waals surface area contributed by atoms with Gasteiger partial charge in [0.1, 0.15) is 10.8 Å². The van der Waals surface area contributed by atoms with E-state index in [1.165, 1.54) is 24.5 Å². The zero-order valence-electron chi connectivity index (χ0n) is 24.1. The van der Waals surface area contributed by atoms with Crippen LogP contribution in [0.1, 0.15) is 52.8 Å². The Balaban J connectivity index is 0.00000119. The van der Waals surface area contributed by atoms with Gasteiger partial charge in [0.2, 0.25) is 0 Å². The molecule has 38 heavy (non-hydrogen) atoms. The molecular weight excluding hydrogens is 514 g/mol. The summed E-state index contributed by atoms with van der Waals surface area (Å²) in [6.45, 7) is 14.1. The minimum atomic E-state index is -2.86. The number of halogens is 2. The van der Waals surface area contributed by atoms with Gasteiger partial charge in [-0.25, -0.2) is 4.98 Å². The van der Waals surface area contributed by atoms with E-state index >= 15 is 0 Å². The molecule has 2 unspecified atom stereocenters. The number of carbonyl (C=O) groups is 1. The van der Waals surface area contributed by atoms with Crippen LogP contribution in [-0.2, 0) is 25.5 Å². The molecule has 7 nitrogen and oxygen atoms in total. The molecule has 2 aromatic rings. The van der Waals surface area contributed by atoms with Crippen LogP contribution < -0.4 is 4.74 Å². The maximum absolute atomic E-state index is 12.6. The molecule has 10 heteroatoms. The highest BCUT2D eigenvalue weighted by atomic mass is 32.1. The normalized spacial score (nSPS) is 16.8. The van der Waals surface area contributed by atoms with Crippen LogP contribution in [0.2, 0.25) is 0 Å². The molecule has 1 aromatic heterocycles. The van der Waals surface area contributed by atoms with E-state index in [9.17, 15) is 8.78 Å². The number of hydrogen-bond donors (Lipinski definition) is 0. The number of hydrogen-bond acceptors (Lipinski definition) is 8. The average molecular weight is 561 g/mol. The lowest BCUT2D eigenvalue weighted by Crippen LogP contribution is -2.43. The first kappa shape index (κ1) is 35.9. The van der Waals surface area contributed by atoms with E-state index in [-0.39, 0.29) is 11.9 Å². The van der Waals surface area contributed by atoms with Gasteiger partial charge in [0.25, 0.3) is 6.47 Å². The van der Waals surface area contributed by atoms with Crippen LogP contribution >= 0.6 is 11.3 Å². The molecule has 218 valence electrons. The van der Waals surface area contributed by atoms with Gasteiger partial charge in [-0.2, -0.15) is 8.78 Å². The minimum absolute atomic E-state index is 0.150. The molecule has 0 bridgehead atoms. The van der Waals surface area contributed by atoms with Gasteiger partial charge in [-0.05, 0) is 30.4 Å². The van der Waals surface area contributed by atoms with Crippen molar-refractivity contribution in [2.75, 3.05) is 40.5 Å². The predicted molar refractivity (Wildman–Crippen MR) is 150 cm³/mol. The first-order valence-electron chi connectivity index (χ1n) is 13.0. The Morgan fingerprint density at radius 1 is 1.13 bits per heavy atom. The first-order chi connectivity index (χ1) is 18.2. The number of piperidine rings is 1. The largest absolute Gasteiger partial charge is 0.471 e. The van der Waals surface area contributed by atoms with Crippen molar-refractivity contribution in [1.82, 2.24) is 9.88 Å². The number of alkyl halides is 2. The summed E-state index contributed by atoms with van der Waals surface area (Å²) < 4.78 is 44.8. The molecular formula is C28H46F2N2O5S. The molecule has 0 aliphatic carbocycles. The molecule has 1 fully saturated rings. The van der Waals surface area contributed by atoms with Crippen molar-refractivity contribution in [2.24, 2.45) is 11.8 Å². The maximum Gasteiger partial charge on any atom is 0.387 e. The van der Waals surface area contributed by atoms with Crippen molar-refractivity contribution < 1.29 is 32.5 Å². The first-order valence-corrected chi connectivity index (χ1v) is 13.8. The van der Waals surface area contributed by atoms with E-state index in [2.05, 4.69) is 47.1 Å². The van der Waals surface area contributed by atoms with Gasteiger partial charge in [-0.1, -0.05) is 53.7 Å². The number of methoxy groups -OCH3 is 2. The fourth-order valence-corrected chi connectivity index (χ4v) is 4.50. The van der Waals surface area contributed by atoms with Crippen molar-refractivity contribution in [3.8, 4) is 16.3 Å². The van der Waals surface area contributed by atoms with Crippen molar-refractivity contribution >= 4 is 17.8 Å². The zero-order chi connectivity index (χ0) is 28.9. The summed E-state index contributed by atoms with van der Waals surface area (Å²) in [5, 5.41) is 0.684. The van der Waals surface area contributed by atoms with Gasteiger partial charge in [-0.15, -0.1) is 11.3 Å². The van der Waals surface area contributed by atoms with Gasteiger partial charge >= 0.3 is 6.61 Å². The average Bonchev–Trinajstić information content (AvgIpc) is 3.33. The maximum atomic E-state index is 12.6. The minimum Gasteiger partial charge on any atom is -0.471 e. The molecule has 0 radical (unpaired) electrons. The third-order valence-corrected chi connectivity index (χ3v) is 5.72. The number of aromatic nitrogens is 1. The number of benzene rings is 1. The lowest BCUT2D eigenvalue weighted by atomic mass is 9.98. The zero-order valence-corrected chi connectivity index (χ0v) is 24.9. The number of thiazole rings is 1. The Bertz CT molecular complexity index is 851. The fourth-order valence-electron chi connectivity index (χ4n) is 3.52. The smallest absolute Gasteiger partial charge is 0.387 e. The quantitative estimate of drug-likeness (QED) is 0.235. The second-order valence-electron chi connectivity index (χ2n) is 9.09. The van der Waals surface area contributed by atoms with Gasteiger partial charge in [0.05, 0.1) is 32.0 Å². The Kier molecular flexibility index (Phi) is 20.5. The molecule has 0 spiro atoms. The highest BCUT2D eigenvalue weighted by Gasteiger charge is 2.26. The topological polar surface area (TPSA) is 70.1 Å². The van der Waals surface area contributed by atoms with Crippen molar-refractivity contribution in [2.45, 2.75) is 67.2 Å². The molecule has 1 saturated heterocycles. The lowest BCUT2D eigenvalue weighted by molar-refractivity contribution is -0.126. The van der Waals surface area contributed by atoms with Crippen LogP contribution in [0.3, 0.4) is 0 Å². The van der Waals surface area contributed by atoms with E-state index in [0.717, 1.165) is 36.9 Å². The Morgan fingerprint density at radius 2 is 1.76 bits per heavy atom. The summed E-state index contributed by atoms with van der Waals surface area (Å²) in [4.78, 5) is 16.8. The number of likely N-dealkylation sites (tertiary alicyclic amines) is 1. The molecule has 1 aromatic carbocycles. The Hall–Kier alpha value is -2.14. The fraction of sp³-hybridized carbons (Fsp3) is 0.643. The SMILES string of the molecule is CC.CC(C)C.COC=O.COCCOC1CC(C)CN(Cc2cnc(-c3ccccc3OC(F)F)s2)C1. The standard InChI is InChI=1S/C20H26F2N2O3S.C4H10.C2H4O2.C2H6/c1-14-9-15(26-8-7-25-2)12-24(11-14)13-16-10-23-19(28-16)17-5-3-4-6-18(17)27-20(21)22;1-4(2)3;1-4-2-3;1-2/h3-6,10,14-15,20H,7-9,11-13H2,1-2H3;4H,1-3H3;2H,1H3;1-2H3. The number of rotatable bonds is 10. The molecule has 3 rings (SSSR count). The number of para-hydroxylation sites is 1. The van der Waals surface area contributed by atoms with Crippen LogP contribution in [0.4, 0.5) is 8.78 Å². The van der Waals surface area contributed by atoms with E-state index in [0.29, 0.717) is 36.2 Å². The summed E-state index contributed by atoms with van der Waals surface area (Å²) in [6, 6.07) is 6.76. The van der Waals surface area contributed by atoms with Crippen LogP contribution in [0.5, 0.6) is 5.75 Å². The number of nitrogens with zero attached hydrogens (tertiary/aromatic N) is 2. The third kappa shape index (κ3) is 16.0. The molecule has 2 heterocycles. The van der Waals surface area contributed by atoms with Crippen molar-refractivity contribution in [3.63, 3.8) is 0 Å². The molecule has 0 N–H and O–H groups in total. The highest BCUT2D eigenvalue weighted by molar-refractivity contribution is 7.15. The monoisotopic (exact) mass is 560 g/mol. The van der Waals surface area contributed by atoms with Crippen molar-refractivity contribution in [1.29, 1.82) is 0 Å². The molecule has 1 aliphatic rings. The summed E-state index contributed by atoms with van der Waals surface area (Å²) in [5.74, 6) is 1.53. The van der Waals surface area contributed by atoms with Crippen LogP contribution in [0, 0.1) is 11.8 Å². The van der Waals surface area contributed by atoms with E-state index in [4.69, 9.17) is 14.3 Å². The Morgan fingerprint density at radius 3 is 2.34 bits per heavy atom. The summed E-state index contributed by atoms with van der Waals surface area (Å²) in [7, 11) is 2.98. The molecule has 1 aliphatic heterocycles. The second kappa shape index (κ2) is 21.8. The number of carbonyl (C=O) groups excluding carboxylic acids is 1. The van der Waals surface area contributed by atoms with E-state index < -0.39 is 6.61 Å². The van der Waals surface area contributed by atoms with Gasteiger partial charge in [-0.3, -0.25) is 9.69 Å². The summed E-state index contributed by atoms with van der Waals surface area (Å²) in [6.07, 6.45) is 3.07. The molecule has 2 atom stereocenters.